The molecule has 0 spiro atoms. The topological polar surface area (TPSA) is 74.3 Å². The number of benzene rings is 1. The van der Waals surface area contributed by atoms with Gasteiger partial charge in [-0.3, -0.25) is 0 Å². The number of hydrogen-bond acceptors (Lipinski definition) is 5. The summed E-state index contributed by atoms with van der Waals surface area (Å²) in [6.07, 6.45) is 7.06. The standard InChI is InChI=1S/C24H22ClN5O2/c1-15-26-11-12-30(15)14-17-7-8-20-22(18-5-3-4-6-19(18)29(20)2)23(17)28-32-24(31)16-9-10-27-21(25)13-16/h3-6,9-13,17H,7-8,14H2,1-2H3. The van der Waals surface area contributed by atoms with Crippen LogP contribution in [0.5, 0.6) is 0 Å². The Balaban J connectivity index is 1.57. The Morgan fingerprint density at radius 3 is 2.88 bits per heavy atom. The van der Waals surface area contributed by atoms with Crippen LogP contribution >= 0.6 is 11.6 Å². The largest absolute Gasteiger partial charge is 0.365 e. The van der Waals surface area contributed by atoms with Gasteiger partial charge in [-0.25, -0.2) is 14.8 Å². The van der Waals surface area contributed by atoms with Crippen molar-refractivity contribution in [2.24, 2.45) is 18.1 Å². The van der Waals surface area contributed by atoms with E-state index in [1.807, 2.05) is 25.3 Å². The molecule has 1 aromatic carbocycles. The molecule has 4 aromatic rings. The fourth-order valence-electron chi connectivity index (χ4n) is 4.48. The molecule has 3 aromatic heterocycles. The summed E-state index contributed by atoms with van der Waals surface area (Å²) in [5.74, 6) is 0.457. The Bertz CT molecular complexity index is 1350. The second-order valence-electron chi connectivity index (χ2n) is 7.98. The molecule has 3 heterocycles. The van der Waals surface area contributed by atoms with E-state index in [1.54, 1.807) is 12.3 Å². The summed E-state index contributed by atoms with van der Waals surface area (Å²) < 4.78 is 4.32. The van der Waals surface area contributed by atoms with Crippen molar-refractivity contribution in [1.29, 1.82) is 0 Å². The first-order valence-corrected chi connectivity index (χ1v) is 10.9. The molecule has 1 unspecified atom stereocenters. The summed E-state index contributed by atoms with van der Waals surface area (Å²) in [7, 11) is 2.07. The molecule has 0 saturated heterocycles. The number of carbonyl (C=O) groups excluding carboxylic acids is 1. The maximum atomic E-state index is 12.7. The normalized spacial score (nSPS) is 17.0. The van der Waals surface area contributed by atoms with Crippen LogP contribution in [0, 0.1) is 12.8 Å². The predicted octanol–water partition coefficient (Wildman–Crippen LogP) is 4.56. The number of nitrogens with zero attached hydrogens (tertiary/aromatic N) is 5. The van der Waals surface area contributed by atoms with Gasteiger partial charge in [-0.2, -0.15) is 0 Å². The van der Waals surface area contributed by atoms with Crippen LogP contribution in [0.1, 0.15) is 33.9 Å². The van der Waals surface area contributed by atoms with Gasteiger partial charge in [0, 0.05) is 60.3 Å². The Hall–Kier alpha value is -3.45. The van der Waals surface area contributed by atoms with Crippen molar-refractivity contribution in [1.82, 2.24) is 19.1 Å². The monoisotopic (exact) mass is 447 g/mol. The highest BCUT2D eigenvalue weighted by Gasteiger charge is 2.32. The number of hydrogen-bond donors (Lipinski definition) is 0. The molecule has 0 N–H and O–H groups in total. The molecule has 1 aliphatic rings. The fourth-order valence-corrected chi connectivity index (χ4v) is 4.66. The molecule has 1 atom stereocenters. The van der Waals surface area contributed by atoms with E-state index >= 15 is 0 Å². The Labute approximate surface area is 190 Å². The minimum absolute atomic E-state index is 0.0787. The summed E-state index contributed by atoms with van der Waals surface area (Å²) in [5.41, 5.74) is 4.48. The molecular weight excluding hydrogens is 426 g/mol. The van der Waals surface area contributed by atoms with Crippen molar-refractivity contribution in [2.75, 3.05) is 0 Å². The van der Waals surface area contributed by atoms with E-state index in [1.165, 1.54) is 18.0 Å². The van der Waals surface area contributed by atoms with Gasteiger partial charge in [-0.15, -0.1) is 0 Å². The molecule has 8 heteroatoms. The van der Waals surface area contributed by atoms with E-state index in [4.69, 9.17) is 16.4 Å². The van der Waals surface area contributed by atoms with Gasteiger partial charge in [0.25, 0.3) is 0 Å². The number of carbonyl (C=O) groups is 1. The Morgan fingerprint density at radius 2 is 2.09 bits per heavy atom. The van der Waals surface area contributed by atoms with E-state index in [9.17, 15) is 4.79 Å². The van der Waals surface area contributed by atoms with Gasteiger partial charge < -0.3 is 14.0 Å². The first-order valence-electron chi connectivity index (χ1n) is 10.5. The third-order valence-corrected chi connectivity index (χ3v) is 6.34. The molecule has 7 nitrogen and oxygen atoms in total. The van der Waals surface area contributed by atoms with Crippen LogP contribution in [-0.2, 0) is 24.9 Å². The molecule has 0 radical (unpaired) electrons. The number of fused-ring (bicyclic) bond motifs is 3. The van der Waals surface area contributed by atoms with Crippen molar-refractivity contribution >= 4 is 34.2 Å². The average Bonchev–Trinajstić information content (AvgIpc) is 3.33. The molecule has 1 aliphatic carbocycles. The predicted molar refractivity (Wildman–Crippen MR) is 123 cm³/mol. The van der Waals surface area contributed by atoms with Crippen LogP contribution in [0.2, 0.25) is 5.15 Å². The highest BCUT2D eigenvalue weighted by Crippen LogP contribution is 2.35. The fraction of sp³-hybridized carbons (Fsp3) is 0.250. The maximum absolute atomic E-state index is 12.7. The highest BCUT2D eigenvalue weighted by atomic mass is 35.5. The SMILES string of the molecule is Cc1nccn1CC1CCc2c(c3ccccc3n2C)C1=NOC(=O)c1ccnc(Cl)c1. The van der Waals surface area contributed by atoms with E-state index in [0.717, 1.165) is 40.8 Å². The molecule has 0 saturated carbocycles. The summed E-state index contributed by atoms with van der Waals surface area (Å²) in [4.78, 5) is 26.4. The number of oxime groups is 1. The van der Waals surface area contributed by atoms with Gasteiger partial charge in [0.15, 0.2) is 0 Å². The number of halogens is 1. The molecular formula is C24H22ClN5O2. The third-order valence-electron chi connectivity index (χ3n) is 6.13. The van der Waals surface area contributed by atoms with E-state index < -0.39 is 5.97 Å². The van der Waals surface area contributed by atoms with Gasteiger partial charge in [-0.05, 0) is 38.0 Å². The zero-order valence-electron chi connectivity index (χ0n) is 17.8. The number of rotatable bonds is 4. The maximum Gasteiger partial charge on any atom is 0.365 e. The minimum Gasteiger partial charge on any atom is -0.347 e. The lowest BCUT2D eigenvalue weighted by molar-refractivity contribution is 0.0513. The molecule has 5 rings (SSSR count). The Morgan fingerprint density at radius 1 is 1.25 bits per heavy atom. The van der Waals surface area contributed by atoms with Gasteiger partial charge >= 0.3 is 5.97 Å². The van der Waals surface area contributed by atoms with E-state index in [0.29, 0.717) is 12.1 Å². The number of aromatic nitrogens is 4. The van der Waals surface area contributed by atoms with Crippen LogP contribution < -0.4 is 0 Å². The molecule has 0 aliphatic heterocycles. The van der Waals surface area contributed by atoms with Crippen LogP contribution in [0.15, 0.2) is 60.1 Å². The summed E-state index contributed by atoms with van der Waals surface area (Å²) in [6.45, 7) is 2.70. The van der Waals surface area contributed by atoms with Gasteiger partial charge in [0.2, 0.25) is 0 Å². The zero-order valence-corrected chi connectivity index (χ0v) is 18.6. The lowest BCUT2D eigenvalue weighted by atomic mass is 9.84. The number of pyridine rings is 1. The van der Waals surface area contributed by atoms with Crippen molar-refractivity contribution < 1.29 is 9.63 Å². The van der Waals surface area contributed by atoms with Crippen molar-refractivity contribution in [3.8, 4) is 0 Å². The van der Waals surface area contributed by atoms with Crippen LogP contribution in [0.25, 0.3) is 10.9 Å². The van der Waals surface area contributed by atoms with Gasteiger partial charge in [0.05, 0.1) is 11.3 Å². The number of aryl methyl sites for hydroxylation is 2. The molecule has 0 fully saturated rings. The molecule has 0 bridgehead atoms. The highest BCUT2D eigenvalue weighted by molar-refractivity contribution is 6.29. The summed E-state index contributed by atoms with van der Waals surface area (Å²) >= 11 is 5.92. The van der Waals surface area contributed by atoms with Crippen LogP contribution in [0.4, 0.5) is 0 Å². The summed E-state index contributed by atoms with van der Waals surface area (Å²) in [6, 6.07) is 11.3. The van der Waals surface area contributed by atoms with Crippen molar-refractivity contribution in [3.05, 3.63) is 82.8 Å². The lowest BCUT2D eigenvalue weighted by Gasteiger charge is -2.25. The lowest BCUT2D eigenvalue weighted by Crippen LogP contribution is -2.28. The van der Waals surface area contributed by atoms with E-state index in [-0.39, 0.29) is 11.1 Å². The molecule has 162 valence electrons. The van der Waals surface area contributed by atoms with Gasteiger partial charge in [0.1, 0.15) is 11.0 Å². The second-order valence-corrected chi connectivity index (χ2v) is 8.37. The van der Waals surface area contributed by atoms with Crippen LogP contribution in [0.3, 0.4) is 0 Å². The van der Waals surface area contributed by atoms with Gasteiger partial charge in [-0.1, -0.05) is 35.0 Å². The van der Waals surface area contributed by atoms with Crippen molar-refractivity contribution in [2.45, 2.75) is 26.3 Å². The van der Waals surface area contributed by atoms with E-state index in [2.05, 4.69) is 43.4 Å². The smallest absolute Gasteiger partial charge is 0.347 e. The molecule has 32 heavy (non-hydrogen) atoms. The Kier molecular flexibility index (Phi) is 5.27. The third kappa shape index (κ3) is 3.58. The first kappa shape index (κ1) is 20.5. The first-order chi connectivity index (χ1) is 15.5. The van der Waals surface area contributed by atoms with Crippen LogP contribution in [-0.4, -0.2) is 30.8 Å². The second kappa shape index (κ2) is 8.24. The van der Waals surface area contributed by atoms with Crippen molar-refractivity contribution in [3.63, 3.8) is 0 Å². The molecule has 0 amide bonds. The quantitative estimate of drug-likeness (QED) is 0.261. The average molecular weight is 448 g/mol. The number of para-hydroxylation sites is 1. The zero-order chi connectivity index (χ0) is 22.2. The number of imidazole rings is 1. The minimum atomic E-state index is -0.563. The summed E-state index contributed by atoms with van der Waals surface area (Å²) in [5, 5.41) is 5.78.